The number of hydrogen-bond acceptors (Lipinski definition) is 4. The van der Waals surface area contributed by atoms with Crippen molar-refractivity contribution in [2.45, 2.75) is 63.1 Å². The first kappa shape index (κ1) is 26.8. The monoisotopic (exact) mass is 499 g/mol. The first-order chi connectivity index (χ1) is 17.7. The van der Waals surface area contributed by atoms with Gasteiger partial charge in [0.15, 0.2) is 0 Å². The van der Waals surface area contributed by atoms with Gasteiger partial charge in [-0.15, -0.1) is 0 Å². The summed E-state index contributed by atoms with van der Waals surface area (Å²) in [7, 11) is 0. The minimum Gasteiger partial charge on any atom is -0.481 e. The number of carbonyl (C=O) groups is 1. The van der Waals surface area contributed by atoms with E-state index in [1.54, 1.807) is 13.8 Å². The molecule has 0 fully saturated rings. The smallest absolute Gasteiger partial charge is 0.313 e. The first-order valence-corrected chi connectivity index (χ1v) is 13.1. The average Bonchev–Trinajstić information content (AvgIpc) is 2.93. The van der Waals surface area contributed by atoms with E-state index in [0.717, 1.165) is 47.2 Å². The van der Waals surface area contributed by atoms with Crippen LogP contribution in [-0.2, 0) is 22.2 Å². The van der Waals surface area contributed by atoms with E-state index in [1.807, 2.05) is 84.9 Å². The molecule has 0 saturated carbocycles. The second-order valence-electron chi connectivity index (χ2n) is 10.6. The molecule has 0 aromatic heterocycles. The van der Waals surface area contributed by atoms with E-state index in [2.05, 4.69) is 4.99 Å². The average molecular weight is 500 g/mol. The number of aliphatic hydroxyl groups is 2. The van der Waals surface area contributed by atoms with Gasteiger partial charge in [0.25, 0.3) is 0 Å². The molecular weight excluding hydrogens is 462 g/mol. The Labute approximate surface area is 219 Å². The molecule has 0 spiro atoms. The van der Waals surface area contributed by atoms with Crippen LogP contribution in [0.3, 0.4) is 0 Å². The molecule has 0 amide bonds. The zero-order valence-corrected chi connectivity index (χ0v) is 21.7. The number of carboxylic acid groups (broad SMARTS) is 1. The van der Waals surface area contributed by atoms with Gasteiger partial charge in [0.1, 0.15) is 5.60 Å². The number of aliphatic carboxylic acids is 1. The van der Waals surface area contributed by atoms with Gasteiger partial charge in [0.05, 0.1) is 11.5 Å². The number of aryl methyl sites for hydroxylation is 1. The molecule has 1 heterocycles. The van der Waals surface area contributed by atoms with E-state index < -0.39 is 23.1 Å². The van der Waals surface area contributed by atoms with Crippen LogP contribution in [-0.4, -0.2) is 39.6 Å². The highest BCUT2D eigenvalue weighted by molar-refractivity contribution is 5.89. The molecule has 2 atom stereocenters. The van der Waals surface area contributed by atoms with E-state index in [0.29, 0.717) is 19.4 Å². The maximum absolute atomic E-state index is 12.1. The molecule has 4 rings (SSSR count). The van der Waals surface area contributed by atoms with Crippen molar-refractivity contribution in [2.75, 3.05) is 6.54 Å². The quantitative estimate of drug-likeness (QED) is 0.343. The fraction of sp³-hybridized carbons (Fsp3) is 0.375. The van der Waals surface area contributed by atoms with Crippen molar-refractivity contribution in [3.63, 3.8) is 0 Å². The van der Waals surface area contributed by atoms with E-state index >= 15 is 0 Å². The molecule has 5 heteroatoms. The Kier molecular flexibility index (Phi) is 8.25. The third-order valence-corrected chi connectivity index (χ3v) is 7.80. The first-order valence-electron chi connectivity index (χ1n) is 13.1. The third-order valence-electron chi connectivity index (χ3n) is 7.80. The summed E-state index contributed by atoms with van der Waals surface area (Å²) in [5.74, 6) is -0.939. The minimum atomic E-state index is -1.16. The summed E-state index contributed by atoms with van der Waals surface area (Å²) in [4.78, 5) is 16.2. The standard InChI is InChI=1S/C32H37NO4/c1-31(2,30(35)36)24-18-16-23(17-19-24)10-9-15-29(34)28-22-27(20-21-33-28)32(37,25-11-5-3-6-12-25)26-13-7-4-8-14-26/h3-8,11-14,16-19,27,29,34,37H,9-10,15,20-22H2,1-2H3,(H,35,36). The van der Waals surface area contributed by atoms with Crippen LogP contribution < -0.4 is 0 Å². The third kappa shape index (κ3) is 5.84. The van der Waals surface area contributed by atoms with Crippen molar-refractivity contribution in [1.29, 1.82) is 0 Å². The Balaban J connectivity index is 1.41. The van der Waals surface area contributed by atoms with Crippen molar-refractivity contribution >= 4 is 11.7 Å². The summed E-state index contributed by atoms with van der Waals surface area (Å²) in [6.45, 7) is 3.99. The van der Waals surface area contributed by atoms with Crippen LogP contribution in [0.1, 0.15) is 61.8 Å². The lowest BCUT2D eigenvalue weighted by atomic mass is 9.71. The number of benzene rings is 3. The topological polar surface area (TPSA) is 90.1 Å². The molecule has 3 aromatic carbocycles. The molecule has 0 bridgehead atoms. The molecule has 5 nitrogen and oxygen atoms in total. The van der Waals surface area contributed by atoms with Crippen LogP contribution in [0.4, 0.5) is 0 Å². The molecule has 1 aliphatic heterocycles. The van der Waals surface area contributed by atoms with Crippen molar-refractivity contribution in [1.82, 2.24) is 0 Å². The zero-order chi connectivity index (χ0) is 26.5. The predicted molar refractivity (Wildman–Crippen MR) is 147 cm³/mol. The van der Waals surface area contributed by atoms with Gasteiger partial charge in [0, 0.05) is 18.2 Å². The van der Waals surface area contributed by atoms with Crippen LogP contribution in [0.25, 0.3) is 0 Å². The molecule has 0 saturated heterocycles. The van der Waals surface area contributed by atoms with Gasteiger partial charge >= 0.3 is 5.97 Å². The molecule has 37 heavy (non-hydrogen) atoms. The van der Waals surface area contributed by atoms with Crippen LogP contribution in [0, 0.1) is 5.92 Å². The SMILES string of the molecule is CC(C)(C(=O)O)c1ccc(CCCC(O)C2=NCCC(C(O)(c3ccccc3)c3ccccc3)C2)cc1. The fourth-order valence-corrected chi connectivity index (χ4v) is 5.28. The Bertz CT molecular complexity index is 1160. The number of rotatable bonds is 10. The Hall–Kier alpha value is -3.28. The predicted octanol–water partition coefficient (Wildman–Crippen LogP) is 5.52. The highest BCUT2D eigenvalue weighted by Gasteiger charge is 2.42. The summed E-state index contributed by atoms with van der Waals surface area (Å²) < 4.78 is 0. The summed E-state index contributed by atoms with van der Waals surface area (Å²) in [5.41, 5.74) is 2.28. The van der Waals surface area contributed by atoms with Crippen molar-refractivity contribution in [2.24, 2.45) is 10.9 Å². The number of carboxylic acids is 1. The van der Waals surface area contributed by atoms with E-state index in [9.17, 15) is 20.1 Å². The van der Waals surface area contributed by atoms with E-state index in [1.165, 1.54) is 0 Å². The minimum absolute atomic E-state index is 0.0930. The molecule has 0 radical (unpaired) electrons. The van der Waals surface area contributed by atoms with Crippen LogP contribution in [0.5, 0.6) is 0 Å². The molecular formula is C32H37NO4. The summed E-state index contributed by atoms with van der Waals surface area (Å²) >= 11 is 0. The second-order valence-corrected chi connectivity index (χ2v) is 10.6. The Morgan fingerprint density at radius 2 is 1.49 bits per heavy atom. The molecule has 3 N–H and O–H groups in total. The van der Waals surface area contributed by atoms with Gasteiger partial charge in [0.2, 0.25) is 0 Å². The highest BCUT2D eigenvalue weighted by Crippen LogP contribution is 2.42. The Morgan fingerprint density at radius 3 is 2.03 bits per heavy atom. The van der Waals surface area contributed by atoms with Gasteiger partial charge in [-0.2, -0.15) is 0 Å². The summed E-state index contributed by atoms with van der Waals surface area (Å²) in [6, 6.07) is 27.3. The van der Waals surface area contributed by atoms with Gasteiger partial charge in [-0.25, -0.2) is 0 Å². The van der Waals surface area contributed by atoms with Gasteiger partial charge in [-0.05, 0) is 68.2 Å². The molecule has 0 aliphatic carbocycles. The summed E-state index contributed by atoms with van der Waals surface area (Å²) in [6.07, 6.45) is 2.80. The maximum atomic E-state index is 12.1. The molecule has 3 aromatic rings. The molecule has 2 unspecified atom stereocenters. The summed E-state index contributed by atoms with van der Waals surface area (Å²) in [5, 5.41) is 32.6. The number of aliphatic imine (C=N–C) groups is 1. The van der Waals surface area contributed by atoms with Crippen molar-refractivity contribution in [3.8, 4) is 0 Å². The van der Waals surface area contributed by atoms with Crippen LogP contribution in [0.15, 0.2) is 89.9 Å². The van der Waals surface area contributed by atoms with Crippen molar-refractivity contribution in [3.05, 3.63) is 107 Å². The van der Waals surface area contributed by atoms with Gasteiger partial charge in [-0.1, -0.05) is 84.9 Å². The molecule has 1 aliphatic rings. The largest absolute Gasteiger partial charge is 0.481 e. The number of aliphatic hydroxyl groups excluding tert-OH is 1. The lowest BCUT2D eigenvalue weighted by Crippen LogP contribution is -2.41. The number of nitrogens with zero attached hydrogens (tertiary/aromatic N) is 1. The lowest BCUT2D eigenvalue weighted by molar-refractivity contribution is -0.142. The lowest BCUT2D eigenvalue weighted by Gasteiger charge is -2.39. The molecule has 194 valence electrons. The van der Waals surface area contributed by atoms with E-state index in [4.69, 9.17) is 0 Å². The maximum Gasteiger partial charge on any atom is 0.313 e. The van der Waals surface area contributed by atoms with Crippen LogP contribution >= 0.6 is 0 Å². The van der Waals surface area contributed by atoms with Crippen LogP contribution in [0.2, 0.25) is 0 Å². The second kappa shape index (κ2) is 11.4. The Morgan fingerprint density at radius 1 is 0.919 bits per heavy atom. The van der Waals surface area contributed by atoms with Crippen molar-refractivity contribution < 1.29 is 20.1 Å². The fourth-order valence-electron chi connectivity index (χ4n) is 5.28. The zero-order valence-electron chi connectivity index (χ0n) is 21.7. The number of hydrogen-bond donors (Lipinski definition) is 3. The normalized spacial score (nSPS) is 17.2. The highest BCUT2D eigenvalue weighted by atomic mass is 16.4. The van der Waals surface area contributed by atoms with Gasteiger partial charge < -0.3 is 15.3 Å². The van der Waals surface area contributed by atoms with E-state index in [-0.39, 0.29) is 5.92 Å². The van der Waals surface area contributed by atoms with Gasteiger partial charge in [-0.3, -0.25) is 9.79 Å².